The number of likely N-dealkylation sites (N-methyl/N-ethyl adjacent to an activating group) is 1. The highest BCUT2D eigenvalue weighted by atomic mass is 16.6. The van der Waals surface area contributed by atoms with Crippen LogP contribution in [0.4, 0.5) is 11.4 Å². The number of nitro benzene ring substituents is 1. The summed E-state index contributed by atoms with van der Waals surface area (Å²) in [6.07, 6.45) is 0.930. The maximum Gasteiger partial charge on any atom is 0.304 e. The SMILES string of the molecule is CCC1CN(C(=O)c2cccc(N)c2[N+](=O)[O-])CCN1C. The molecule has 1 fully saturated rings. The van der Waals surface area contributed by atoms with Crippen LogP contribution in [-0.4, -0.2) is 53.4 Å². The van der Waals surface area contributed by atoms with E-state index in [0.717, 1.165) is 13.0 Å². The number of carbonyl (C=O) groups excluding carboxylic acids is 1. The van der Waals surface area contributed by atoms with Crippen molar-refractivity contribution in [1.82, 2.24) is 9.80 Å². The maximum absolute atomic E-state index is 12.6. The molecule has 1 aliphatic rings. The first kappa shape index (κ1) is 15.2. The predicted molar refractivity (Wildman–Crippen MR) is 80.1 cm³/mol. The van der Waals surface area contributed by atoms with E-state index in [-0.39, 0.29) is 28.9 Å². The van der Waals surface area contributed by atoms with Crippen LogP contribution in [0, 0.1) is 10.1 Å². The van der Waals surface area contributed by atoms with Crippen LogP contribution >= 0.6 is 0 Å². The Hall–Kier alpha value is -2.15. The summed E-state index contributed by atoms with van der Waals surface area (Å²) in [4.78, 5) is 27.0. The normalized spacial score (nSPS) is 19.5. The van der Waals surface area contributed by atoms with E-state index >= 15 is 0 Å². The van der Waals surface area contributed by atoms with Crippen LogP contribution in [0.2, 0.25) is 0 Å². The summed E-state index contributed by atoms with van der Waals surface area (Å²) in [5.41, 5.74) is 5.44. The first-order valence-electron chi connectivity index (χ1n) is 6.98. The second-order valence-corrected chi connectivity index (χ2v) is 5.29. The number of benzene rings is 1. The third-order valence-electron chi connectivity index (χ3n) is 4.02. The number of nitrogens with two attached hydrogens (primary N) is 1. The Kier molecular flexibility index (Phi) is 4.42. The maximum atomic E-state index is 12.6. The molecule has 0 aliphatic carbocycles. The molecule has 0 spiro atoms. The van der Waals surface area contributed by atoms with Crippen molar-refractivity contribution in [3.63, 3.8) is 0 Å². The molecule has 0 radical (unpaired) electrons. The molecule has 1 unspecified atom stereocenters. The molecule has 2 rings (SSSR count). The Morgan fingerprint density at radius 3 is 2.81 bits per heavy atom. The fourth-order valence-electron chi connectivity index (χ4n) is 2.68. The molecule has 1 aliphatic heterocycles. The average Bonchev–Trinajstić information content (AvgIpc) is 2.46. The van der Waals surface area contributed by atoms with Gasteiger partial charge in [0, 0.05) is 25.7 Å². The highest BCUT2D eigenvalue weighted by Gasteiger charge is 2.31. The van der Waals surface area contributed by atoms with Crippen molar-refractivity contribution < 1.29 is 9.72 Å². The van der Waals surface area contributed by atoms with Crippen LogP contribution in [0.1, 0.15) is 23.7 Å². The fourth-order valence-corrected chi connectivity index (χ4v) is 2.68. The minimum absolute atomic E-state index is 0.0204. The zero-order valence-electron chi connectivity index (χ0n) is 12.3. The molecule has 2 N–H and O–H groups in total. The molecule has 1 heterocycles. The van der Waals surface area contributed by atoms with Gasteiger partial charge < -0.3 is 10.6 Å². The van der Waals surface area contributed by atoms with Crippen LogP contribution in [-0.2, 0) is 0 Å². The van der Waals surface area contributed by atoms with Gasteiger partial charge in [-0.15, -0.1) is 0 Å². The number of anilines is 1. The van der Waals surface area contributed by atoms with E-state index in [2.05, 4.69) is 11.8 Å². The summed E-state index contributed by atoms with van der Waals surface area (Å²) >= 11 is 0. The molecule has 0 bridgehead atoms. The third-order valence-corrected chi connectivity index (χ3v) is 4.02. The lowest BCUT2D eigenvalue weighted by atomic mass is 10.1. The van der Waals surface area contributed by atoms with Crippen molar-refractivity contribution in [3.05, 3.63) is 33.9 Å². The number of rotatable bonds is 3. The van der Waals surface area contributed by atoms with Gasteiger partial charge >= 0.3 is 5.69 Å². The van der Waals surface area contributed by atoms with Crippen LogP contribution in [0.5, 0.6) is 0 Å². The summed E-state index contributed by atoms with van der Waals surface area (Å²) in [7, 11) is 2.03. The van der Waals surface area contributed by atoms with Crippen molar-refractivity contribution in [1.29, 1.82) is 0 Å². The first-order valence-corrected chi connectivity index (χ1v) is 6.98. The van der Waals surface area contributed by atoms with Crippen molar-refractivity contribution in [3.8, 4) is 0 Å². The van der Waals surface area contributed by atoms with E-state index in [0.29, 0.717) is 13.1 Å². The largest absolute Gasteiger partial charge is 0.393 e. The first-order chi connectivity index (χ1) is 9.95. The van der Waals surface area contributed by atoms with Crippen LogP contribution in [0.15, 0.2) is 18.2 Å². The summed E-state index contributed by atoms with van der Waals surface area (Å²) in [5, 5.41) is 11.1. The van der Waals surface area contributed by atoms with E-state index in [1.165, 1.54) is 12.1 Å². The fraction of sp³-hybridized carbons (Fsp3) is 0.500. The molecule has 1 aromatic carbocycles. The molecule has 7 nitrogen and oxygen atoms in total. The molecule has 0 aromatic heterocycles. The Labute approximate surface area is 123 Å². The zero-order chi connectivity index (χ0) is 15.6. The van der Waals surface area contributed by atoms with Gasteiger partial charge in [-0.2, -0.15) is 0 Å². The lowest BCUT2D eigenvalue weighted by Crippen LogP contribution is -2.53. The second kappa shape index (κ2) is 6.09. The van der Waals surface area contributed by atoms with E-state index in [4.69, 9.17) is 5.73 Å². The van der Waals surface area contributed by atoms with E-state index in [1.807, 2.05) is 7.05 Å². The second-order valence-electron chi connectivity index (χ2n) is 5.29. The number of para-hydroxylation sites is 1. The lowest BCUT2D eigenvalue weighted by Gasteiger charge is -2.39. The number of hydrogen-bond donors (Lipinski definition) is 1. The van der Waals surface area contributed by atoms with Gasteiger partial charge in [-0.05, 0) is 25.6 Å². The molecule has 21 heavy (non-hydrogen) atoms. The number of nitrogen functional groups attached to an aromatic ring is 1. The molecule has 1 atom stereocenters. The van der Waals surface area contributed by atoms with Crippen LogP contribution in [0.25, 0.3) is 0 Å². The predicted octanol–water partition coefficient (Wildman–Crippen LogP) is 1.34. The Bertz CT molecular complexity index is 561. The number of nitro groups is 1. The standard InChI is InChI=1S/C14H20N4O3/c1-3-10-9-17(8-7-16(10)2)14(19)11-5-4-6-12(15)13(11)18(20)21/h4-6,10H,3,7-9,15H2,1-2H3. The van der Waals surface area contributed by atoms with Crippen molar-refractivity contribution in [2.45, 2.75) is 19.4 Å². The van der Waals surface area contributed by atoms with E-state index in [9.17, 15) is 14.9 Å². The molecule has 1 aromatic rings. The lowest BCUT2D eigenvalue weighted by molar-refractivity contribution is -0.384. The minimum atomic E-state index is -0.587. The number of piperazine rings is 1. The monoisotopic (exact) mass is 292 g/mol. The molecule has 7 heteroatoms. The van der Waals surface area contributed by atoms with Gasteiger partial charge in [0.15, 0.2) is 0 Å². The van der Waals surface area contributed by atoms with Crippen molar-refractivity contribution >= 4 is 17.3 Å². The van der Waals surface area contributed by atoms with Gasteiger partial charge in [0.25, 0.3) is 5.91 Å². The number of carbonyl (C=O) groups is 1. The average molecular weight is 292 g/mol. The van der Waals surface area contributed by atoms with Gasteiger partial charge in [0.1, 0.15) is 11.3 Å². The smallest absolute Gasteiger partial charge is 0.304 e. The minimum Gasteiger partial charge on any atom is -0.393 e. The number of amides is 1. The van der Waals surface area contributed by atoms with Gasteiger partial charge in [-0.3, -0.25) is 19.8 Å². The highest BCUT2D eigenvalue weighted by molar-refractivity contribution is 6.00. The van der Waals surface area contributed by atoms with Crippen molar-refractivity contribution in [2.75, 3.05) is 32.4 Å². The number of hydrogen-bond acceptors (Lipinski definition) is 5. The molecular weight excluding hydrogens is 272 g/mol. The van der Waals surface area contributed by atoms with E-state index < -0.39 is 4.92 Å². The molecule has 1 saturated heterocycles. The Morgan fingerprint density at radius 1 is 1.48 bits per heavy atom. The molecule has 0 saturated carbocycles. The van der Waals surface area contributed by atoms with E-state index in [1.54, 1.807) is 11.0 Å². The topological polar surface area (TPSA) is 92.7 Å². The van der Waals surface area contributed by atoms with Crippen LogP contribution < -0.4 is 5.73 Å². The van der Waals surface area contributed by atoms with Crippen LogP contribution in [0.3, 0.4) is 0 Å². The zero-order valence-corrected chi connectivity index (χ0v) is 12.3. The highest BCUT2D eigenvalue weighted by Crippen LogP contribution is 2.27. The molecule has 1 amide bonds. The Balaban J connectivity index is 2.29. The summed E-state index contributed by atoms with van der Waals surface area (Å²) in [6.45, 7) is 3.98. The molecular formula is C14H20N4O3. The van der Waals surface area contributed by atoms with Gasteiger partial charge in [-0.25, -0.2) is 0 Å². The van der Waals surface area contributed by atoms with Gasteiger partial charge in [0.05, 0.1) is 4.92 Å². The van der Waals surface area contributed by atoms with Gasteiger partial charge in [0.2, 0.25) is 0 Å². The van der Waals surface area contributed by atoms with Gasteiger partial charge in [-0.1, -0.05) is 13.0 Å². The summed E-state index contributed by atoms with van der Waals surface area (Å²) in [5.74, 6) is -0.319. The van der Waals surface area contributed by atoms with Crippen molar-refractivity contribution in [2.24, 2.45) is 0 Å². The quantitative estimate of drug-likeness (QED) is 0.515. The third kappa shape index (κ3) is 2.97. The Morgan fingerprint density at radius 2 is 2.19 bits per heavy atom. The summed E-state index contributed by atoms with van der Waals surface area (Å²) in [6, 6.07) is 4.76. The number of nitrogens with zero attached hydrogens (tertiary/aromatic N) is 3. The summed E-state index contributed by atoms with van der Waals surface area (Å²) < 4.78 is 0. The molecule has 114 valence electrons.